The summed E-state index contributed by atoms with van der Waals surface area (Å²) in [6, 6.07) is 14.7. The first-order chi connectivity index (χ1) is 11.8. The van der Waals surface area contributed by atoms with Crippen molar-refractivity contribution in [3.63, 3.8) is 0 Å². The van der Waals surface area contributed by atoms with Gasteiger partial charge in [0.25, 0.3) is 0 Å². The average Bonchev–Trinajstić information content (AvgIpc) is 3.35. The van der Waals surface area contributed by atoms with E-state index < -0.39 is 0 Å². The molecule has 0 aliphatic heterocycles. The fourth-order valence-corrected chi connectivity index (χ4v) is 2.62. The largest absolute Gasteiger partial charge is 0.289 e. The van der Waals surface area contributed by atoms with Crippen LogP contribution < -0.4 is 0 Å². The molecule has 0 amide bonds. The number of carbonyl (C=O) groups excluding carboxylic acids is 1. The highest BCUT2D eigenvalue weighted by Gasteiger charge is 2.19. The fourth-order valence-electron chi connectivity index (χ4n) is 2.62. The van der Waals surface area contributed by atoms with Gasteiger partial charge in [0.1, 0.15) is 11.4 Å². The lowest BCUT2D eigenvalue weighted by Crippen LogP contribution is -2.05. The van der Waals surface area contributed by atoms with Crippen LogP contribution in [0.1, 0.15) is 15.9 Å². The van der Waals surface area contributed by atoms with E-state index in [0.717, 1.165) is 11.1 Å². The number of nitrogens with zero attached hydrogens (tertiary/aromatic N) is 4. The highest BCUT2D eigenvalue weighted by atomic mass is 16.1. The van der Waals surface area contributed by atoms with Gasteiger partial charge in [0.05, 0.1) is 12.4 Å². The van der Waals surface area contributed by atoms with Gasteiger partial charge in [-0.25, -0.2) is 0 Å². The Bertz CT molecular complexity index is 896. The molecule has 2 heterocycles. The number of aromatic nitrogens is 6. The molecule has 0 atom stereocenters. The maximum absolute atomic E-state index is 13.2. The summed E-state index contributed by atoms with van der Waals surface area (Å²) in [5.41, 5.74) is 3.82. The Hall–Kier alpha value is -3.61. The molecule has 7 heteroatoms. The fraction of sp³-hybridized carbons (Fsp3) is 0. The predicted molar refractivity (Wildman–Crippen MR) is 87.1 cm³/mol. The third-order valence-electron chi connectivity index (χ3n) is 3.73. The predicted octanol–water partition coefficient (Wildman–Crippen LogP) is 2.49. The molecule has 0 radical (unpaired) electrons. The maximum atomic E-state index is 13.2. The second-order valence-electron chi connectivity index (χ2n) is 5.13. The van der Waals surface area contributed by atoms with Crippen molar-refractivity contribution in [2.45, 2.75) is 0 Å². The van der Waals surface area contributed by atoms with Crippen molar-refractivity contribution >= 4 is 5.78 Å². The van der Waals surface area contributed by atoms with Gasteiger partial charge in [-0.15, -0.1) is 0 Å². The number of nitrogens with one attached hydrogen (secondary N) is 2. The molecule has 4 aromatic rings. The van der Waals surface area contributed by atoms with Crippen LogP contribution in [-0.2, 0) is 0 Å². The molecule has 0 unspecified atom stereocenters. The van der Waals surface area contributed by atoms with Crippen LogP contribution in [0.3, 0.4) is 0 Å². The van der Waals surface area contributed by atoms with Crippen molar-refractivity contribution in [2.24, 2.45) is 0 Å². The summed E-state index contributed by atoms with van der Waals surface area (Å²) >= 11 is 0. The number of benzene rings is 2. The van der Waals surface area contributed by atoms with Crippen molar-refractivity contribution in [1.29, 1.82) is 0 Å². The van der Waals surface area contributed by atoms with Crippen molar-refractivity contribution < 1.29 is 4.79 Å². The second kappa shape index (κ2) is 5.88. The van der Waals surface area contributed by atoms with Gasteiger partial charge in [-0.1, -0.05) is 48.5 Å². The third kappa shape index (κ3) is 2.38. The SMILES string of the molecule is O=C(c1ccccc1-c1cn[nH]n1)c1ccccc1-c1cn[nH]n1. The van der Waals surface area contributed by atoms with Crippen LogP contribution in [0.15, 0.2) is 60.9 Å². The molecule has 0 spiro atoms. The number of hydrogen-bond acceptors (Lipinski definition) is 5. The minimum atomic E-state index is -0.104. The molecule has 2 aromatic heterocycles. The lowest BCUT2D eigenvalue weighted by atomic mass is 9.93. The molecule has 0 aliphatic carbocycles. The van der Waals surface area contributed by atoms with Crippen LogP contribution in [0.5, 0.6) is 0 Å². The Morgan fingerprint density at radius 3 is 1.58 bits per heavy atom. The summed E-state index contributed by atoms with van der Waals surface area (Å²) in [4.78, 5) is 13.2. The Kier molecular flexibility index (Phi) is 3.43. The second-order valence-corrected chi connectivity index (χ2v) is 5.13. The van der Waals surface area contributed by atoms with Crippen molar-refractivity contribution in [3.05, 3.63) is 72.1 Å². The Labute approximate surface area is 136 Å². The molecule has 24 heavy (non-hydrogen) atoms. The van der Waals surface area contributed by atoms with Gasteiger partial charge in [-0.3, -0.25) is 4.79 Å². The molecular formula is C17H12N6O. The smallest absolute Gasteiger partial charge is 0.194 e. The van der Waals surface area contributed by atoms with E-state index in [1.807, 2.05) is 36.4 Å². The zero-order valence-corrected chi connectivity index (χ0v) is 12.5. The van der Waals surface area contributed by atoms with Crippen molar-refractivity contribution in [3.8, 4) is 22.5 Å². The van der Waals surface area contributed by atoms with Crippen LogP contribution in [0.2, 0.25) is 0 Å². The van der Waals surface area contributed by atoms with Crippen LogP contribution in [0.25, 0.3) is 22.5 Å². The van der Waals surface area contributed by atoms with E-state index in [-0.39, 0.29) is 5.78 Å². The van der Waals surface area contributed by atoms with Crippen molar-refractivity contribution in [2.75, 3.05) is 0 Å². The van der Waals surface area contributed by atoms with E-state index in [4.69, 9.17) is 0 Å². The summed E-state index contributed by atoms with van der Waals surface area (Å²) in [5.74, 6) is -0.104. The number of H-pyrrole nitrogens is 2. The van der Waals surface area contributed by atoms with E-state index in [1.54, 1.807) is 24.5 Å². The van der Waals surface area contributed by atoms with Gasteiger partial charge in [0, 0.05) is 22.3 Å². The van der Waals surface area contributed by atoms with Gasteiger partial charge in [-0.05, 0) is 0 Å². The molecule has 0 bridgehead atoms. The van der Waals surface area contributed by atoms with Crippen LogP contribution in [0, 0.1) is 0 Å². The zero-order chi connectivity index (χ0) is 16.4. The topological polar surface area (TPSA) is 100 Å². The molecule has 4 rings (SSSR count). The molecule has 2 aromatic carbocycles. The van der Waals surface area contributed by atoms with Crippen LogP contribution in [-0.4, -0.2) is 36.6 Å². The summed E-state index contributed by atoms with van der Waals surface area (Å²) in [5, 5.41) is 20.9. The monoisotopic (exact) mass is 316 g/mol. The lowest BCUT2D eigenvalue weighted by molar-refractivity contribution is 0.104. The van der Waals surface area contributed by atoms with Gasteiger partial charge >= 0.3 is 0 Å². The van der Waals surface area contributed by atoms with E-state index in [9.17, 15) is 4.79 Å². The molecule has 0 fully saturated rings. The summed E-state index contributed by atoms with van der Waals surface area (Å²) in [7, 11) is 0. The minimum Gasteiger partial charge on any atom is -0.289 e. The maximum Gasteiger partial charge on any atom is 0.194 e. The standard InChI is InChI=1S/C17H12N6O/c24-17(13-7-3-1-5-11(13)15-9-18-22-20-15)14-8-4-2-6-12(14)16-10-19-23-21-16/h1-10H,(H,18,20,22)(H,19,21,23). The molecule has 116 valence electrons. The number of hydrogen-bond donors (Lipinski definition) is 2. The highest BCUT2D eigenvalue weighted by molar-refractivity contribution is 6.15. The lowest BCUT2D eigenvalue weighted by Gasteiger charge is -2.09. The summed E-state index contributed by atoms with van der Waals surface area (Å²) in [6.45, 7) is 0. The molecular weight excluding hydrogens is 304 g/mol. The average molecular weight is 316 g/mol. The molecule has 0 aliphatic rings. The third-order valence-corrected chi connectivity index (χ3v) is 3.73. The first-order valence-electron chi connectivity index (χ1n) is 7.29. The zero-order valence-electron chi connectivity index (χ0n) is 12.5. The number of carbonyl (C=O) groups is 1. The quantitative estimate of drug-likeness (QED) is 0.563. The van der Waals surface area contributed by atoms with Crippen LogP contribution in [0.4, 0.5) is 0 Å². The first-order valence-corrected chi connectivity index (χ1v) is 7.29. The molecule has 2 N–H and O–H groups in total. The van der Waals surface area contributed by atoms with E-state index >= 15 is 0 Å². The number of ketones is 1. The van der Waals surface area contributed by atoms with Gasteiger partial charge in [0.15, 0.2) is 5.78 Å². The summed E-state index contributed by atoms with van der Waals surface area (Å²) < 4.78 is 0. The molecule has 0 saturated heterocycles. The van der Waals surface area contributed by atoms with Crippen LogP contribution >= 0.6 is 0 Å². The van der Waals surface area contributed by atoms with E-state index in [1.165, 1.54) is 0 Å². The number of rotatable bonds is 4. The minimum absolute atomic E-state index is 0.104. The Balaban J connectivity index is 1.85. The van der Waals surface area contributed by atoms with Crippen molar-refractivity contribution in [1.82, 2.24) is 30.8 Å². The Morgan fingerprint density at radius 1 is 0.708 bits per heavy atom. The van der Waals surface area contributed by atoms with E-state index in [2.05, 4.69) is 30.8 Å². The Morgan fingerprint density at radius 2 is 1.17 bits per heavy atom. The molecule has 7 nitrogen and oxygen atoms in total. The normalized spacial score (nSPS) is 10.7. The van der Waals surface area contributed by atoms with Gasteiger partial charge < -0.3 is 0 Å². The molecule has 0 saturated carbocycles. The van der Waals surface area contributed by atoms with Gasteiger partial charge in [0.2, 0.25) is 0 Å². The number of aromatic amines is 2. The van der Waals surface area contributed by atoms with Gasteiger partial charge in [-0.2, -0.15) is 30.8 Å². The van der Waals surface area contributed by atoms with E-state index in [0.29, 0.717) is 22.5 Å². The highest BCUT2D eigenvalue weighted by Crippen LogP contribution is 2.27. The summed E-state index contributed by atoms with van der Waals surface area (Å²) in [6.07, 6.45) is 3.19. The first kappa shape index (κ1) is 14.0.